The van der Waals surface area contributed by atoms with Crippen molar-refractivity contribution in [1.29, 1.82) is 5.26 Å². The number of halogens is 2. The number of hydrogen-bond acceptors (Lipinski definition) is 13. The summed E-state index contributed by atoms with van der Waals surface area (Å²) in [7, 11) is -1.88. The molecule has 4 atom stereocenters. The van der Waals surface area contributed by atoms with Crippen LogP contribution in [0.25, 0.3) is 5.57 Å². The highest BCUT2D eigenvalue weighted by atomic mass is 35.5. The number of fused-ring (bicyclic) bond motifs is 1. The lowest BCUT2D eigenvalue weighted by molar-refractivity contribution is -0.206. The molecule has 0 aromatic heterocycles. The number of carbonyl (C=O) groups is 2. The van der Waals surface area contributed by atoms with Crippen LogP contribution in [0.5, 0.6) is 17.2 Å². The van der Waals surface area contributed by atoms with Gasteiger partial charge in [-0.25, -0.2) is 12.8 Å². The number of morpholine rings is 1. The maximum atomic E-state index is 16.5. The van der Waals surface area contributed by atoms with Crippen molar-refractivity contribution in [2.24, 2.45) is 22.7 Å². The normalized spacial score (nSPS) is 28.1. The number of ether oxygens (including phenoxy) is 3. The number of hydrogen-bond donors (Lipinski definition) is 3. The Kier molecular flexibility index (Phi) is 15.3. The van der Waals surface area contributed by atoms with Crippen LogP contribution in [0.1, 0.15) is 96.3 Å². The third-order valence-electron chi connectivity index (χ3n) is 17.6. The van der Waals surface area contributed by atoms with Crippen LogP contribution < -0.4 is 25.4 Å². The van der Waals surface area contributed by atoms with Crippen LogP contribution >= 0.6 is 11.6 Å². The van der Waals surface area contributed by atoms with Crippen LogP contribution in [0.4, 0.5) is 4.39 Å². The van der Waals surface area contributed by atoms with Crippen molar-refractivity contribution >= 4 is 38.8 Å². The van der Waals surface area contributed by atoms with E-state index in [1.54, 1.807) is 68.7 Å². The summed E-state index contributed by atoms with van der Waals surface area (Å²) < 4.78 is 62.2. The first kappa shape index (κ1) is 53.7. The van der Waals surface area contributed by atoms with Gasteiger partial charge in [0.1, 0.15) is 35.6 Å². The van der Waals surface area contributed by atoms with Crippen molar-refractivity contribution in [1.82, 2.24) is 35.6 Å². The molecule has 15 nitrogen and oxygen atoms in total. The van der Waals surface area contributed by atoms with E-state index in [1.165, 1.54) is 36.6 Å². The fourth-order valence-corrected chi connectivity index (χ4v) is 15.0. The molecule has 75 heavy (non-hydrogen) atoms. The second kappa shape index (κ2) is 21.3. The molecule has 2 saturated carbocycles. The number of carbonyl (C=O) groups excluding carboxylic acids is 2. The SMILES string of the molecule is CCS(=O)(=O)c1ccc(Oc2cccc(CCN3CC4(C3)CN(C3NCC(C(=O)NC5C(C)(C)C(Oc6ccc(C#N)c(Cl)c6)C5(C)C)CN3C3CCCCCC3)CCO4)c2F)c(C2=CN(C)C(=O)C3NCCC23)c1. The van der Waals surface area contributed by atoms with Gasteiger partial charge in [0.2, 0.25) is 11.8 Å². The summed E-state index contributed by atoms with van der Waals surface area (Å²) in [5.41, 5.74) is 1.12. The first-order chi connectivity index (χ1) is 35.8. The molecule has 6 fully saturated rings. The molecule has 10 rings (SSSR count). The van der Waals surface area contributed by atoms with Gasteiger partial charge in [0.25, 0.3) is 0 Å². The second-order valence-corrected chi connectivity index (χ2v) is 26.1. The molecule has 3 aromatic carbocycles. The van der Waals surface area contributed by atoms with Crippen molar-refractivity contribution in [2.75, 3.05) is 71.8 Å². The Morgan fingerprint density at radius 2 is 1.75 bits per heavy atom. The topological polar surface area (TPSA) is 169 Å². The summed E-state index contributed by atoms with van der Waals surface area (Å²) in [4.78, 5) is 36.6. The molecular weight excluding hydrogens is 995 g/mol. The van der Waals surface area contributed by atoms with E-state index < -0.39 is 21.7 Å². The van der Waals surface area contributed by atoms with Crippen molar-refractivity contribution in [2.45, 2.75) is 127 Å². The number of sulfone groups is 1. The largest absolute Gasteiger partial charge is 0.489 e. The molecule has 404 valence electrons. The van der Waals surface area contributed by atoms with E-state index in [1.807, 2.05) is 0 Å². The third kappa shape index (κ3) is 10.5. The maximum absolute atomic E-state index is 16.5. The fraction of sp³-hybridized carbons (Fsp3) is 0.596. The number of likely N-dealkylation sites (tertiary alicyclic amines) is 1. The van der Waals surface area contributed by atoms with Gasteiger partial charge in [0.15, 0.2) is 21.4 Å². The zero-order valence-electron chi connectivity index (χ0n) is 44.3. The number of nitrogens with zero attached hydrogens (tertiary/aromatic N) is 5. The standard InChI is InChI=1S/C57H74ClFN8O7S/c1-7-75(70,71)41-19-20-46(43(28-41)44-32-64(6)51(69)49-42(44)21-23-61-49)74-47-16-12-13-36(48(47)59)22-24-65-33-57(34-65)35-66(25-26-72-57)54-62-30-38(31-67(54)39-14-10-8-9-11-15-39)50(68)63-52-55(2,3)53(56(52,4)5)73-40-18-17-37(29-60)45(58)27-40/h12-13,16-20,27-28,32,38-39,42,49,52-54,61-62H,7-11,14-15,21-26,30-31,33-35H2,1-6H3,(H,63,68). The highest BCUT2D eigenvalue weighted by Gasteiger charge is 2.64. The summed E-state index contributed by atoms with van der Waals surface area (Å²) in [6.07, 6.45) is 9.70. The van der Waals surface area contributed by atoms with Gasteiger partial charge < -0.3 is 29.7 Å². The molecular formula is C57H74ClFN8O7S. The van der Waals surface area contributed by atoms with E-state index >= 15 is 4.39 Å². The van der Waals surface area contributed by atoms with E-state index in [0.29, 0.717) is 84.9 Å². The molecule has 3 aromatic rings. The lowest BCUT2D eigenvalue weighted by atomic mass is 9.49. The van der Waals surface area contributed by atoms with Crippen LogP contribution in [-0.2, 0) is 30.6 Å². The van der Waals surface area contributed by atoms with E-state index in [-0.39, 0.29) is 74.9 Å². The molecule has 5 heterocycles. The smallest absolute Gasteiger partial charge is 0.244 e. The monoisotopic (exact) mass is 1070 g/mol. The van der Waals surface area contributed by atoms with Crippen LogP contribution in [0.15, 0.2) is 65.7 Å². The predicted octanol–water partition coefficient (Wildman–Crippen LogP) is 7.18. The predicted molar refractivity (Wildman–Crippen MR) is 285 cm³/mol. The quantitative estimate of drug-likeness (QED) is 0.139. The Morgan fingerprint density at radius 3 is 2.47 bits per heavy atom. The maximum Gasteiger partial charge on any atom is 0.244 e. The molecule has 2 amide bonds. The number of benzene rings is 3. The molecule has 2 aliphatic carbocycles. The third-order valence-corrected chi connectivity index (χ3v) is 19.6. The van der Waals surface area contributed by atoms with Gasteiger partial charge in [0.05, 0.1) is 39.8 Å². The number of nitrogens with one attached hydrogen (secondary N) is 3. The lowest BCUT2D eigenvalue weighted by Crippen LogP contribution is -2.76. The van der Waals surface area contributed by atoms with Crippen LogP contribution in [0, 0.1) is 39.8 Å². The molecule has 4 saturated heterocycles. The number of likely N-dealkylation sites (N-methyl/N-ethyl adjacent to an activating group) is 1. The van der Waals surface area contributed by atoms with E-state index in [2.05, 4.69) is 64.4 Å². The van der Waals surface area contributed by atoms with Crippen molar-refractivity contribution in [3.63, 3.8) is 0 Å². The van der Waals surface area contributed by atoms with Crippen molar-refractivity contribution < 1.29 is 36.6 Å². The summed E-state index contributed by atoms with van der Waals surface area (Å²) >= 11 is 6.36. The molecule has 4 unspecified atom stereocenters. The van der Waals surface area contributed by atoms with E-state index in [0.717, 1.165) is 44.6 Å². The van der Waals surface area contributed by atoms with Gasteiger partial charge in [-0.2, -0.15) is 5.26 Å². The van der Waals surface area contributed by atoms with Gasteiger partial charge in [-0.15, -0.1) is 0 Å². The minimum atomic E-state index is -3.57. The fourth-order valence-electron chi connectivity index (χ4n) is 13.9. The molecule has 7 aliphatic rings. The summed E-state index contributed by atoms with van der Waals surface area (Å²) in [6, 6.07) is 16.9. The zero-order chi connectivity index (χ0) is 53.0. The van der Waals surface area contributed by atoms with Gasteiger partial charge in [-0.05, 0) is 79.8 Å². The summed E-state index contributed by atoms with van der Waals surface area (Å²) in [5.74, 6) is 0.0170. The lowest BCUT2D eigenvalue weighted by Gasteiger charge is -2.63. The van der Waals surface area contributed by atoms with Gasteiger partial charge >= 0.3 is 0 Å². The number of rotatable bonds is 14. The average molecular weight is 1070 g/mol. The molecule has 18 heteroatoms. The molecule has 0 radical (unpaired) electrons. The number of nitriles is 1. The van der Waals surface area contributed by atoms with Crippen molar-refractivity contribution in [3.8, 4) is 23.3 Å². The highest BCUT2D eigenvalue weighted by molar-refractivity contribution is 7.91. The van der Waals surface area contributed by atoms with E-state index in [9.17, 15) is 23.3 Å². The Balaban J connectivity index is 0.778. The molecule has 1 spiro atoms. The number of amides is 2. The molecule has 3 N–H and O–H groups in total. The highest BCUT2D eigenvalue weighted by Crippen LogP contribution is 2.56. The zero-order valence-corrected chi connectivity index (χ0v) is 45.9. The Morgan fingerprint density at radius 1 is 0.987 bits per heavy atom. The minimum absolute atomic E-state index is 0.0285. The van der Waals surface area contributed by atoms with Crippen LogP contribution in [0.2, 0.25) is 5.02 Å². The first-order valence-electron chi connectivity index (χ1n) is 27.1. The molecule has 5 aliphatic heterocycles. The van der Waals surface area contributed by atoms with Crippen LogP contribution in [-0.4, -0.2) is 148 Å². The van der Waals surface area contributed by atoms with Gasteiger partial charge in [0, 0.05) is 99.5 Å². The molecule has 0 bridgehead atoms. The Labute approximate surface area is 447 Å². The summed E-state index contributed by atoms with van der Waals surface area (Å²) in [5, 5.41) is 20.4. The Hall–Kier alpha value is -4.64. The van der Waals surface area contributed by atoms with Crippen LogP contribution in [0.3, 0.4) is 0 Å². The van der Waals surface area contributed by atoms with Crippen molar-refractivity contribution in [3.05, 3.63) is 88.3 Å². The Bertz CT molecular complexity index is 2830. The first-order valence-corrected chi connectivity index (χ1v) is 29.2. The average Bonchev–Trinajstić information content (AvgIpc) is 3.73. The summed E-state index contributed by atoms with van der Waals surface area (Å²) in [6.45, 7) is 16.2. The van der Waals surface area contributed by atoms with Gasteiger partial charge in [-0.1, -0.05) is 84.0 Å². The van der Waals surface area contributed by atoms with E-state index in [4.69, 9.17) is 25.8 Å². The second-order valence-electron chi connectivity index (χ2n) is 23.4. The minimum Gasteiger partial charge on any atom is -0.489 e. The van der Waals surface area contributed by atoms with Gasteiger partial charge in [-0.3, -0.25) is 29.6 Å².